The molecule has 2 aromatic rings. The van der Waals surface area contributed by atoms with Crippen LogP contribution in [0.2, 0.25) is 0 Å². The summed E-state index contributed by atoms with van der Waals surface area (Å²) in [7, 11) is 0. The second kappa shape index (κ2) is 9.15. The van der Waals surface area contributed by atoms with E-state index in [1.165, 1.54) is 0 Å². The highest BCUT2D eigenvalue weighted by atomic mass is 16.5. The third-order valence-corrected chi connectivity index (χ3v) is 4.40. The second-order valence-corrected chi connectivity index (χ2v) is 6.30. The molecule has 136 valence electrons. The standard InChI is InChI=1S/C21H23NO4/c23-19(22-14-18-12-7-13-25-18)15-26-21(24)20(16-8-3-1-4-9-16)17-10-5-2-6-11-17/h1-6,8-11,18,20H,7,12-15H2,(H,22,23)/t18-/m0/s1. The maximum Gasteiger partial charge on any atom is 0.318 e. The van der Waals surface area contributed by atoms with Gasteiger partial charge in [0.25, 0.3) is 5.91 Å². The van der Waals surface area contributed by atoms with E-state index in [-0.39, 0.29) is 18.6 Å². The highest BCUT2D eigenvalue weighted by molar-refractivity contribution is 5.85. The summed E-state index contributed by atoms with van der Waals surface area (Å²) in [6, 6.07) is 18.9. The van der Waals surface area contributed by atoms with Crippen LogP contribution in [-0.2, 0) is 19.1 Å². The number of hydrogen-bond acceptors (Lipinski definition) is 4. The van der Waals surface area contributed by atoms with Crippen LogP contribution in [0, 0.1) is 0 Å². The number of carbonyl (C=O) groups excluding carboxylic acids is 2. The summed E-state index contributed by atoms with van der Waals surface area (Å²) in [5.74, 6) is -1.30. The molecule has 2 aromatic carbocycles. The zero-order valence-corrected chi connectivity index (χ0v) is 14.6. The van der Waals surface area contributed by atoms with Crippen LogP contribution in [0.5, 0.6) is 0 Å². The molecule has 1 amide bonds. The number of esters is 1. The zero-order chi connectivity index (χ0) is 18.2. The van der Waals surface area contributed by atoms with Gasteiger partial charge in [-0.05, 0) is 24.0 Å². The summed E-state index contributed by atoms with van der Waals surface area (Å²) in [6.07, 6.45) is 2.03. The maximum absolute atomic E-state index is 12.7. The molecule has 1 atom stereocenters. The lowest BCUT2D eigenvalue weighted by atomic mass is 9.91. The van der Waals surface area contributed by atoms with Gasteiger partial charge in [0.1, 0.15) is 5.92 Å². The predicted octanol–water partition coefficient (Wildman–Crippen LogP) is 2.66. The molecule has 1 N–H and O–H groups in total. The molecule has 0 aliphatic carbocycles. The molecule has 1 aliphatic rings. The predicted molar refractivity (Wildman–Crippen MR) is 97.7 cm³/mol. The normalized spacial score (nSPS) is 16.4. The Labute approximate surface area is 153 Å². The second-order valence-electron chi connectivity index (χ2n) is 6.30. The molecule has 3 rings (SSSR count). The Morgan fingerprint density at radius 1 is 1.04 bits per heavy atom. The SMILES string of the molecule is O=C(COC(=O)C(c1ccccc1)c1ccccc1)NC[C@@H]1CCCO1. The van der Waals surface area contributed by atoms with Gasteiger partial charge >= 0.3 is 5.97 Å². The molecule has 0 saturated carbocycles. The van der Waals surface area contributed by atoms with Gasteiger partial charge in [0.05, 0.1) is 6.10 Å². The highest BCUT2D eigenvalue weighted by Crippen LogP contribution is 2.25. The number of nitrogens with one attached hydrogen (secondary N) is 1. The number of amides is 1. The van der Waals surface area contributed by atoms with Crippen LogP contribution in [0.25, 0.3) is 0 Å². The van der Waals surface area contributed by atoms with Crippen molar-refractivity contribution in [3.8, 4) is 0 Å². The van der Waals surface area contributed by atoms with Gasteiger partial charge in [-0.25, -0.2) is 0 Å². The van der Waals surface area contributed by atoms with Crippen LogP contribution < -0.4 is 5.32 Å². The summed E-state index contributed by atoms with van der Waals surface area (Å²) in [5.41, 5.74) is 1.67. The summed E-state index contributed by atoms with van der Waals surface area (Å²) < 4.78 is 10.8. The Balaban J connectivity index is 1.60. The molecule has 1 saturated heterocycles. The average molecular weight is 353 g/mol. The third kappa shape index (κ3) is 4.92. The van der Waals surface area contributed by atoms with Crippen LogP contribution >= 0.6 is 0 Å². The molecule has 0 unspecified atom stereocenters. The summed E-state index contributed by atoms with van der Waals surface area (Å²) in [4.78, 5) is 24.6. The van der Waals surface area contributed by atoms with Gasteiger partial charge in [-0.1, -0.05) is 60.7 Å². The molecular formula is C21H23NO4. The lowest BCUT2D eigenvalue weighted by Gasteiger charge is -2.17. The topological polar surface area (TPSA) is 64.6 Å². The molecule has 5 heteroatoms. The van der Waals surface area contributed by atoms with E-state index in [4.69, 9.17) is 9.47 Å². The summed E-state index contributed by atoms with van der Waals surface area (Å²) in [6.45, 7) is 0.907. The van der Waals surface area contributed by atoms with Crippen LogP contribution in [0.3, 0.4) is 0 Å². The number of rotatable bonds is 7. The lowest BCUT2D eigenvalue weighted by Crippen LogP contribution is -2.35. The van der Waals surface area contributed by atoms with E-state index in [0.717, 1.165) is 30.6 Å². The fourth-order valence-corrected chi connectivity index (χ4v) is 3.06. The van der Waals surface area contributed by atoms with Crippen molar-refractivity contribution in [1.29, 1.82) is 0 Å². The van der Waals surface area contributed by atoms with E-state index < -0.39 is 11.9 Å². The molecule has 0 spiro atoms. The smallest absolute Gasteiger partial charge is 0.318 e. The van der Waals surface area contributed by atoms with Crippen molar-refractivity contribution in [2.45, 2.75) is 24.9 Å². The Kier molecular flexibility index (Phi) is 6.39. The fourth-order valence-electron chi connectivity index (χ4n) is 3.06. The Bertz CT molecular complexity index is 672. The summed E-state index contributed by atoms with van der Waals surface area (Å²) >= 11 is 0. The first-order valence-corrected chi connectivity index (χ1v) is 8.89. The molecule has 5 nitrogen and oxygen atoms in total. The highest BCUT2D eigenvalue weighted by Gasteiger charge is 2.25. The number of ether oxygens (including phenoxy) is 2. The Hall–Kier alpha value is -2.66. The maximum atomic E-state index is 12.7. The Morgan fingerprint density at radius 3 is 2.19 bits per heavy atom. The first-order chi connectivity index (χ1) is 12.7. The van der Waals surface area contributed by atoms with Gasteiger partial charge in [0.15, 0.2) is 6.61 Å². The van der Waals surface area contributed by atoms with Crippen molar-refractivity contribution in [3.05, 3.63) is 71.8 Å². The van der Waals surface area contributed by atoms with E-state index in [1.807, 2.05) is 60.7 Å². The van der Waals surface area contributed by atoms with E-state index in [0.29, 0.717) is 6.54 Å². The number of carbonyl (C=O) groups is 2. The van der Waals surface area contributed by atoms with Crippen molar-refractivity contribution in [2.75, 3.05) is 19.8 Å². The molecule has 26 heavy (non-hydrogen) atoms. The van der Waals surface area contributed by atoms with Gasteiger partial charge < -0.3 is 14.8 Å². The van der Waals surface area contributed by atoms with Crippen LogP contribution in [0.15, 0.2) is 60.7 Å². The largest absolute Gasteiger partial charge is 0.455 e. The van der Waals surface area contributed by atoms with Gasteiger partial charge in [0.2, 0.25) is 0 Å². The van der Waals surface area contributed by atoms with Crippen LogP contribution in [-0.4, -0.2) is 37.7 Å². The van der Waals surface area contributed by atoms with Gasteiger partial charge in [0, 0.05) is 13.2 Å². The van der Waals surface area contributed by atoms with E-state index in [1.54, 1.807) is 0 Å². The van der Waals surface area contributed by atoms with Gasteiger partial charge in [-0.3, -0.25) is 9.59 Å². The molecule has 0 aromatic heterocycles. The zero-order valence-electron chi connectivity index (χ0n) is 14.6. The Morgan fingerprint density at radius 2 is 1.65 bits per heavy atom. The minimum Gasteiger partial charge on any atom is -0.455 e. The van der Waals surface area contributed by atoms with E-state index in [9.17, 15) is 9.59 Å². The van der Waals surface area contributed by atoms with E-state index in [2.05, 4.69) is 5.32 Å². The molecule has 0 radical (unpaired) electrons. The monoisotopic (exact) mass is 353 g/mol. The van der Waals surface area contributed by atoms with Crippen molar-refractivity contribution in [1.82, 2.24) is 5.32 Å². The lowest BCUT2D eigenvalue weighted by molar-refractivity contribution is -0.149. The molecule has 1 heterocycles. The minimum atomic E-state index is -0.552. The molecule has 0 bridgehead atoms. The minimum absolute atomic E-state index is 0.0658. The molecule has 1 aliphatic heterocycles. The number of benzene rings is 2. The average Bonchev–Trinajstić information content (AvgIpc) is 3.20. The third-order valence-electron chi connectivity index (χ3n) is 4.40. The number of hydrogen-bond donors (Lipinski definition) is 1. The molecule has 1 fully saturated rings. The van der Waals surface area contributed by atoms with Crippen molar-refractivity contribution >= 4 is 11.9 Å². The van der Waals surface area contributed by atoms with Crippen LogP contribution in [0.4, 0.5) is 0 Å². The van der Waals surface area contributed by atoms with Crippen molar-refractivity contribution < 1.29 is 19.1 Å². The van der Waals surface area contributed by atoms with Crippen LogP contribution in [0.1, 0.15) is 29.9 Å². The van der Waals surface area contributed by atoms with Gasteiger partial charge in [-0.2, -0.15) is 0 Å². The quantitative estimate of drug-likeness (QED) is 0.777. The van der Waals surface area contributed by atoms with Gasteiger partial charge in [-0.15, -0.1) is 0 Å². The fraction of sp³-hybridized carbons (Fsp3) is 0.333. The van der Waals surface area contributed by atoms with Crippen molar-refractivity contribution in [3.63, 3.8) is 0 Å². The van der Waals surface area contributed by atoms with E-state index >= 15 is 0 Å². The first kappa shape index (κ1) is 18.1. The first-order valence-electron chi connectivity index (χ1n) is 8.89. The summed E-state index contributed by atoms with van der Waals surface area (Å²) in [5, 5.41) is 2.76. The molecular weight excluding hydrogens is 330 g/mol. The van der Waals surface area contributed by atoms with Crippen molar-refractivity contribution in [2.24, 2.45) is 0 Å².